The largest absolute Gasteiger partial charge is 0.489 e. The Morgan fingerprint density at radius 2 is 1.80 bits per heavy atom. The van der Waals surface area contributed by atoms with Crippen molar-refractivity contribution < 1.29 is 14.3 Å². The molecule has 6 heteroatoms. The first-order chi connectivity index (χ1) is 14.7. The molecule has 0 atom stereocenters. The first kappa shape index (κ1) is 19.7. The highest BCUT2D eigenvalue weighted by Crippen LogP contribution is 2.25. The molecule has 3 aromatic carbocycles. The Balaban J connectivity index is 1.34. The zero-order valence-corrected chi connectivity index (χ0v) is 16.9. The lowest BCUT2D eigenvalue weighted by Gasteiger charge is -2.18. The van der Waals surface area contributed by atoms with Crippen LogP contribution in [0.2, 0.25) is 0 Å². The standard InChI is InChI=1S/C24H20N2O3S/c27-23(19-13-18-9-4-5-12-22(18)29-16-19)26-24(30)25-20-10-6-11-21(14-20)28-15-17-7-2-1-3-8-17/h1-14H,15-16H2,(H2,25,26,27,30). The normalized spacial score (nSPS) is 12.1. The zero-order chi connectivity index (χ0) is 20.8. The number of amides is 1. The monoisotopic (exact) mass is 416 g/mol. The number of carbonyl (C=O) groups is 1. The van der Waals surface area contributed by atoms with E-state index in [-0.39, 0.29) is 17.6 Å². The molecule has 1 amide bonds. The molecule has 30 heavy (non-hydrogen) atoms. The number of fused-ring (bicyclic) bond motifs is 1. The summed E-state index contributed by atoms with van der Waals surface area (Å²) in [6.07, 6.45) is 1.81. The van der Waals surface area contributed by atoms with Crippen LogP contribution in [0.1, 0.15) is 11.1 Å². The van der Waals surface area contributed by atoms with E-state index in [0.29, 0.717) is 17.9 Å². The van der Waals surface area contributed by atoms with Gasteiger partial charge in [0, 0.05) is 17.3 Å². The highest BCUT2D eigenvalue weighted by molar-refractivity contribution is 7.80. The van der Waals surface area contributed by atoms with Crippen LogP contribution in [-0.4, -0.2) is 17.6 Å². The van der Waals surface area contributed by atoms with Crippen molar-refractivity contribution in [2.24, 2.45) is 0 Å². The van der Waals surface area contributed by atoms with Crippen molar-refractivity contribution in [3.8, 4) is 11.5 Å². The van der Waals surface area contributed by atoms with Gasteiger partial charge < -0.3 is 14.8 Å². The second-order valence-corrected chi connectivity index (χ2v) is 7.11. The maximum absolute atomic E-state index is 12.5. The summed E-state index contributed by atoms with van der Waals surface area (Å²) in [6, 6.07) is 24.9. The van der Waals surface area contributed by atoms with Crippen LogP contribution in [0.25, 0.3) is 6.08 Å². The number of hydrogen-bond acceptors (Lipinski definition) is 4. The van der Waals surface area contributed by atoms with Gasteiger partial charge in [-0.15, -0.1) is 0 Å². The van der Waals surface area contributed by atoms with Crippen LogP contribution in [0.15, 0.2) is 84.4 Å². The molecule has 0 unspecified atom stereocenters. The van der Waals surface area contributed by atoms with Crippen molar-refractivity contribution in [2.45, 2.75) is 6.61 Å². The van der Waals surface area contributed by atoms with Crippen LogP contribution in [0.3, 0.4) is 0 Å². The van der Waals surface area contributed by atoms with Gasteiger partial charge in [0.1, 0.15) is 24.7 Å². The maximum atomic E-state index is 12.5. The third kappa shape index (κ3) is 5.04. The summed E-state index contributed by atoms with van der Waals surface area (Å²) in [6.45, 7) is 0.676. The minimum Gasteiger partial charge on any atom is -0.489 e. The Kier molecular flexibility index (Phi) is 6.06. The summed E-state index contributed by atoms with van der Waals surface area (Å²) in [5, 5.41) is 5.93. The van der Waals surface area contributed by atoms with Gasteiger partial charge in [0.25, 0.3) is 5.91 Å². The SMILES string of the molecule is O=C(NC(=S)Nc1cccc(OCc2ccccc2)c1)C1=Cc2ccccc2OC1. The Morgan fingerprint density at radius 3 is 2.67 bits per heavy atom. The van der Waals surface area contributed by atoms with E-state index in [1.165, 1.54) is 0 Å². The van der Waals surface area contributed by atoms with E-state index >= 15 is 0 Å². The molecule has 2 N–H and O–H groups in total. The number of carbonyl (C=O) groups excluding carboxylic acids is 1. The fraction of sp³-hybridized carbons (Fsp3) is 0.0833. The Labute approximate surface area is 180 Å². The second-order valence-electron chi connectivity index (χ2n) is 6.71. The fourth-order valence-corrected chi connectivity index (χ4v) is 3.21. The molecule has 1 aliphatic heterocycles. The maximum Gasteiger partial charge on any atom is 0.256 e. The average molecular weight is 417 g/mol. The number of benzene rings is 3. The van der Waals surface area contributed by atoms with E-state index in [4.69, 9.17) is 21.7 Å². The number of anilines is 1. The van der Waals surface area contributed by atoms with Gasteiger partial charge in [-0.25, -0.2) is 0 Å². The van der Waals surface area contributed by atoms with Gasteiger partial charge in [-0.2, -0.15) is 0 Å². The number of nitrogens with one attached hydrogen (secondary N) is 2. The van der Waals surface area contributed by atoms with E-state index in [2.05, 4.69) is 10.6 Å². The molecule has 1 heterocycles. The molecule has 0 saturated heterocycles. The smallest absolute Gasteiger partial charge is 0.256 e. The van der Waals surface area contributed by atoms with Crippen LogP contribution < -0.4 is 20.1 Å². The van der Waals surface area contributed by atoms with Gasteiger partial charge in [0.2, 0.25) is 0 Å². The second kappa shape index (κ2) is 9.24. The summed E-state index contributed by atoms with van der Waals surface area (Å²) in [5.74, 6) is 1.18. The summed E-state index contributed by atoms with van der Waals surface area (Å²) < 4.78 is 11.5. The predicted octanol–water partition coefficient (Wildman–Crippen LogP) is 4.55. The minimum atomic E-state index is -0.293. The molecule has 0 spiro atoms. The van der Waals surface area contributed by atoms with Crippen molar-refractivity contribution >= 4 is 35.0 Å². The molecular formula is C24H20N2O3S. The van der Waals surface area contributed by atoms with E-state index < -0.39 is 0 Å². The van der Waals surface area contributed by atoms with Crippen LogP contribution >= 0.6 is 12.2 Å². The molecule has 0 aliphatic carbocycles. The van der Waals surface area contributed by atoms with E-state index in [9.17, 15) is 4.79 Å². The van der Waals surface area contributed by atoms with Gasteiger partial charge in [-0.05, 0) is 42.1 Å². The molecular weight excluding hydrogens is 396 g/mol. The Bertz CT molecular complexity index is 1100. The quantitative estimate of drug-likeness (QED) is 0.598. The van der Waals surface area contributed by atoms with E-state index in [1.807, 2.05) is 84.9 Å². The van der Waals surface area contributed by atoms with Gasteiger partial charge in [-0.1, -0.05) is 54.6 Å². The van der Waals surface area contributed by atoms with Gasteiger partial charge in [0.05, 0.1) is 5.57 Å². The molecule has 1 aliphatic rings. The number of rotatable bonds is 5. The van der Waals surface area contributed by atoms with Crippen LogP contribution in [0.4, 0.5) is 5.69 Å². The van der Waals surface area contributed by atoms with E-state index in [0.717, 1.165) is 22.6 Å². The third-order valence-corrected chi connectivity index (χ3v) is 4.69. The molecule has 0 fully saturated rings. The number of ether oxygens (including phenoxy) is 2. The van der Waals surface area contributed by atoms with Gasteiger partial charge in [-0.3, -0.25) is 10.1 Å². The molecule has 0 aromatic heterocycles. The highest BCUT2D eigenvalue weighted by atomic mass is 32.1. The van der Waals surface area contributed by atoms with Crippen molar-refractivity contribution in [2.75, 3.05) is 11.9 Å². The molecule has 3 aromatic rings. The van der Waals surface area contributed by atoms with Crippen LogP contribution in [-0.2, 0) is 11.4 Å². The zero-order valence-electron chi connectivity index (χ0n) is 16.1. The molecule has 150 valence electrons. The van der Waals surface area contributed by atoms with Crippen molar-refractivity contribution in [1.29, 1.82) is 0 Å². The first-order valence-corrected chi connectivity index (χ1v) is 9.90. The Morgan fingerprint density at radius 1 is 1.00 bits per heavy atom. The van der Waals surface area contributed by atoms with E-state index in [1.54, 1.807) is 0 Å². The topological polar surface area (TPSA) is 59.6 Å². The fourth-order valence-electron chi connectivity index (χ4n) is 3.00. The van der Waals surface area contributed by atoms with Crippen LogP contribution in [0, 0.1) is 0 Å². The van der Waals surface area contributed by atoms with Gasteiger partial charge in [0.15, 0.2) is 5.11 Å². The van der Waals surface area contributed by atoms with Crippen molar-refractivity contribution in [3.05, 3.63) is 95.6 Å². The third-order valence-electron chi connectivity index (χ3n) is 4.49. The Hall–Kier alpha value is -3.64. The van der Waals surface area contributed by atoms with Crippen molar-refractivity contribution in [1.82, 2.24) is 5.32 Å². The lowest BCUT2D eigenvalue weighted by atomic mass is 10.1. The summed E-state index contributed by atoms with van der Waals surface area (Å²) in [5.41, 5.74) is 3.20. The molecule has 5 nitrogen and oxygen atoms in total. The van der Waals surface area contributed by atoms with Crippen molar-refractivity contribution in [3.63, 3.8) is 0 Å². The summed E-state index contributed by atoms with van der Waals surface area (Å²) in [7, 11) is 0. The average Bonchev–Trinajstić information content (AvgIpc) is 2.78. The molecule has 0 radical (unpaired) electrons. The minimum absolute atomic E-state index is 0.203. The first-order valence-electron chi connectivity index (χ1n) is 9.49. The number of para-hydroxylation sites is 1. The molecule has 0 saturated carbocycles. The number of hydrogen-bond donors (Lipinski definition) is 2. The molecule has 4 rings (SSSR count). The number of thiocarbonyl (C=S) groups is 1. The highest BCUT2D eigenvalue weighted by Gasteiger charge is 2.17. The summed E-state index contributed by atoms with van der Waals surface area (Å²) >= 11 is 5.29. The summed E-state index contributed by atoms with van der Waals surface area (Å²) in [4.78, 5) is 12.5. The predicted molar refractivity (Wildman–Crippen MR) is 121 cm³/mol. The van der Waals surface area contributed by atoms with Gasteiger partial charge >= 0.3 is 0 Å². The lowest BCUT2D eigenvalue weighted by molar-refractivity contribution is -0.116. The molecule has 0 bridgehead atoms. The van der Waals surface area contributed by atoms with Crippen LogP contribution in [0.5, 0.6) is 11.5 Å². The lowest BCUT2D eigenvalue weighted by Crippen LogP contribution is -2.36.